The molecule has 2 heterocycles. The van der Waals surface area contributed by atoms with Gasteiger partial charge in [0, 0.05) is 52.4 Å². The molecular weight excluding hydrogens is 848 g/mol. The summed E-state index contributed by atoms with van der Waals surface area (Å²) < 4.78 is 24.5. The average molecular weight is 883 g/mol. The number of carbonyl (C=O) groups is 2. The lowest BCUT2D eigenvalue weighted by Gasteiger charge is -2.42. The molecule has 0 aromatic heterocycles. The van der Waals surface area contributed by atoms with Gasteiger partial charge in [0.15, 0.2) is 70.1 Å². The molecule has 6 aromatic rings. The molecule has 0 amide bonds. The fourth-order valence-electron chi connectivity index (χ4n) is 7.76. The van der Waals surface area contributed by atoms with Crippen LogP contribution in [0.2, 0.25) is 0 Å². The Morgan fingerprint density at radius 2 is 0.969 bits per heavy atom. The Morgan fingerprint density at radius 1 is 0.469 bits per heavy atom. The van der Waals surface area contributed by atoms with Crippen molar-refractivity contribution in [1.29, 1.82) is 0 Å². The molecule has 64 heavy (non-hydrogen) atoms. The third-order valence-electron chi connectivity index (χ3n) is 10.7. The van der Waals surface area contributed by atoms with E-state index < -0.39 is 140 Å². The first kappa shape index (κ1) is 41.8. The van der Waals surface area contributed by atoms with Crippen molar-refractivity contribution in [2.24, 2.45) is 0 Å². The Bertz CT molecular complexity index is 2820. The van der Waals surface area contributed by atoms with E-state index in [9.17, 15) is 81.1 Å². The van der Waals surface area contributed by atoms with Gasteiger partial charge in [-0.3, -0.25) is 0 Å². The lowest BCUT2D eigenvalue weighted by molar-refractivity contribution is -0.0303. The fraction of sp³-hybridized carbons (Fsp3) is 0.136. The van der Waals surface area contributed by atoms with Crippen LogP contribution in [0, 0.1) is 0 Å². The first-order valence-corrected chi connectivity index (χ1v) is 18.7. The number of rotatable bonds is 7. The van der Waals surface area contributed by atoms with E-state index in [-0.39, 0.29) is 39.3 Å². The second kappa shape index (κ2) is 15.5. The van der Waals surface area contributed by atoms with Gasteiger partial charge in [0.2, 0.25) is 0 Å². The molecular formula is C44H34O20. The number of benzene rings is 6. The lowest BCUT2D eigenvalue weighted by Crippen LogP contribution is -2.40. The maximum atomic E-state index is 14.0. The van der Waals surface area contributed by atoms with E-state index in [2.05, 4.69) is 0 Å². The summed E-state index contributed by atoms with van der Waals surface area (Å²) in [7, 11) is 0. The number of hydrogen-bond acceptors (Lipinski definition) is 20. The summed E-state index contributed by atoms with van der Waals surface area (Å²) in [5.74, 6) is -15.9. The van der Waals surface area contributed by atoms with Gasteiger partial charge in [0.05, 0.1) is 17.0 Å². The van der Waals surface area contributed by atoms with Gasteiger partial charge < -0.3 is 90.4 Å². The number of fused-ring (bicyclic) bond motifs is 2. The maximum Gasteiger partial charge on any atom is 0.338 e. The lowest BCUT2D eigenvalue weighted by atomic mass is 9.77. The van der Waals surface area contributed by atoms with Crippen molar-refractivity contribution in [2.45, 2.75) is 36.8 Å². The Balaban J connectivity index is 1.35. The van der Waals surface area contributed by atoms with Gasteiger partial charge in [0.25, 0.3) is 0 Å². The molecule has 2 aliphatic rings. The molecule has 20 nitrogen and oxygen atoms in total. The molecule has 0 saturated heterocycles. The second-order valence-corrected chi connectivity index (χ2v) is 14.8. The maximum absolute atomic E-state index is 14.0. The van der Waals surface area contributed by atoms with Crippen LogP contribution in [-0.4, -0.2) is 95.6 Å². The summed E-state index contributed by atoms with van der Waals surface area (Å²) >= 11 is 0. The van der Waals surface area contributed by atoms with Gasteiger partial charge in [-0.2, -0.15) is 0 Å². The highest BCUT2D eigenvalue weighted by molar-refractivity contribution is 5.91. The Hall–Kier alpha value is -8.94. The van der Waals surface area contributed by atoms with Crippen LogP contribution in [0.3, 0.4) is 0 Å². The predicted molar refractivity (Wildman–Crippen MR) is 213 cm³/mol. The van der Waals surface area contributed by atoms with E-state index in [4.69, 9.17) is 18.9 Å². The van der Waals surface area contributed by atoms with E-state index in [1.165, 1.54) is 24.3 Å². The molecule has 8 rings (SSSR count). The Labute approximate surface area is 358 Å². The minimum atomic E-state index is -1.83. The molecule has 6 aromatic carbocycles. The molecule has 0 unspecified atom stereocenters. The highest BCUT2D eigenvalue weighted by Gasteiger charge is 2.50. The summed E-state index contributed by atoms with van der Waals surface area (Å²) in [6, 6.07) is 12.8. The summed E-state index contributed by atoms with van der Waals surface area (Å²) in [5.41, 5.74) is -1.93. The standard InChI is InChI=1S/C44H34O20/c45-19-3-1-15(2-4-19)43(59)64-42-35(33-23(48)11-20(46)12-31(33)61-40(42)17-7-27(52)37(57)28(53)8-17)34-24(49)14-22(47)21-13-32(62-44(60)18-9-29(54)38(58)30(55)10-18)39(63-41(21)34)16-5-25(50)36(56)26(51)6-16/h1-12,14,32,35,39-40,42,45-58H,13H2/t32-,35-,39-,40-,42-/m1/s1. The third-order valence-corrected chi connectivity index (χ3v) is 10.7. The number of carbonyl (C=O) groups excluding carboxylic acids is 2. The number of phenolic OH excluding ortho intramolecular Hbond substituents is 14. The minimum absolute atomic E-state index is 0.146. The molecule has 330 valence electrons. The van der Waals surface area contributed by atoms with Crippen LogP contribution in [0.4, 0.5) is 0 Å². The van der Waals surface area contributed by atoms with Gasteiger partial charge in [0.1, 0.15) is 46.4 Å². The van der Waals surface area contributed by atoms with Crippen molar-refractivity contribution < 1.29 is 100 Å². The summed E-state index contributed by atoms with van der Waals surface area (Å²) in [5, 5.41) is 148. The molecule has 14 N–H and O–H groups in total. The number of aromatic hydroxyl groups is 14. The number of esters is 2. The first-order valence-electron chi connectivity index (χ1n) is 18.7. The zero-order chi connectivity index (χ0) is 46.0. The largest absolute Gasteiger partial charge is 0.508 e. The van der Waals surface area contributed by atoms with E-state index >= 15 is 0 Å². The fourth-order valence-corrected chi connectivity index (χ4v) is 7.76. The van der Waals surface area contributed by atoms with Gasteiger partial charge in [-0.15, -0.1) is 0 Å². The van der Waals surface area contributed by atoms with Gasteiger partial charge in [-0.05, 0) is 60.7 Å². The smallest absolute Gasteiger partial charge is 0.338 e. The monoisotopic (exact) mass is 882 g/mol. The first-order chi connectivity index (χ1) is 30.3. The molecule has 0 saturated carbocycles. The molecule has 0 radical (unpaired) electrons. The van der Waals surface area contributed by atoms with Crippen LogP contribution < -0.4 is 9.47 Å². The van der Waals surface area contributed by atoms with Gasteiger partial charge in [-0.1, -0.05) is 0 Å². The molecule has 0 aliphatic carbocycles. The quantitative estimate of drug-likeness (QED) is 0.0744. The number of hydrogen-bond donors (Lipinski definition) is 14. The van der Waals surface area contributed by atoms with Crippen molar-refractivity contribution in [1.82, 2.24) is 0 Å². The minimum Gasteiger partial charge on any atom is -0.508 e. The Morgan fingerprint density at radius 3 is 1.53 bits per heavy atom. The van der Waals surface area contributed by atoms with E-state index in [0.717, 1.165) is 54.6 Å². The molecule has 5 atom stereocenters. The van der Waals surface area contributed by atoms with Crippen LogP contribution >= 0.6 is 0 Å². The normalized spacial score (nSPS) is 18.7. The van der Waals surface area contributed by atoms with Gasteiger partial charge >= 0.3 is 11.9 Å². The topological polar surface area (TPSA) is 354 Å². The van der Waals surface area contributed by atoms with Crippen LogP contribution in [0.5, 0.6) is 92.0 Å². The Kier molecular flexibility index (Phi) is 10.1. The predicted octanol–water partition coefficient (Wildman–Crippen LogP) is 4.96. The van der Waals surface area contributed by atoms with Gasteiger partial charge in [-0.25, -0.2) is 9.59 Å². The van der Waals surface area contributed by atoms with E-state index in [1.54, 1.807) is 0 Å². The van der Waals surface area contributed by atoms with E-state index in [0.29, 0.717) is 0 Å². The van der Waals surface area contributed by atoms with Crippen LogP contribution in [0.1, 0.15) is 66.7 Å². The third kappa shape index (κ3) is 7.23. The average Bonchev–Trinajstić information content (AvgIpc) is 3.23. The summed E-state index contributed by atoms with van der Waals surface area (Å²) in [6.45, 7) is 0. The van der Waals surface area contributed by atoms with Crippen molar-refractivity contribution in [3.05, 3.63) is 118 Å². The number of ether oxygens (including phenoxy) is 4. The molecule has 20 heteroatoms. The summed E-state index contributed by atoms with van der Waals surface area (Å²) in [4.78, 5) is 27.6. The van der Waals surface area contributed by atoms with Crippen molar-refractivity contribution in [3.63, 3.8) is 0 Å². The second-order valence-electron chi connectivity index (χ2n) is 14.8. The molecule has 0 spiro atoms. The van der Waals surface area contributed by atoms with E-state index in [1.807, 2.05) is 0 Å². The van der Waals surface area contributed by atoms with Crippen LogP contribution in [-0.2, 0) is 15.9 Å². The highest BCUT2D eigenvalue weighted by Crippen LogP contribution is 2.59. The highest BCUT2D eigenvalue weighted by atomic mass is 16.6. The zero-order valence-electron chi connectivity index (χ0n) is 32.3. The molecule has 2 aliphatic heterocycles. The molecule has 0 bridgehead atoms. The SMILES string of the molecule is O=C(O[C@@H]1[C@@H](c2c(O)cc(O)c3c2O[C@H](c2cc(O)c(O)c(O)c2)[C@H](OC(=O)c2cc(O)c(O)c(O)c2)C3)c2c(O)cc(O)cc2O[C@@H]1c1cc(O)c(O)c(O)c1)c1ccc(O)cc1. The van der Waals surface area contributed by atoms with Crippen molar-refractivity contribution in [2.75, 3.05) is 0 Å². The number of phenols is 14. The van der Waals surface area contributed by atoms with Crippen LogP contribution in [0.25, 0.3) is 0 Å². The van der Waals surface area contributed by atoms with Crippen molar-refractivity contribution in [3.8, 4) is 92.0 Å². The molecule has 0 fully saturated rings. The zero-order valence-corrected chi connectivity index (χ0v) is 32.3. The van der Waals surface area contributed by atoms with Crippen LogP contribution in [0.15, 0.2) is 78.9 Å². The summed E-state index contributed by atoms with van der Waals surface area (Å²) in [6.07, 6.45) is -7.33. The van der Waals surface area contributed by atoms with Crippen molar-refractivity contribution >= 4 is 11.9 Å².